The Kier molecular flexibility index (Phi) is 3.13. The fourth-order valence-corrected chi connectivity index (χ4v) is 4.45. The van der Waals surface area contributed by atoms with Gasteiger partial charge < -0.3 is 9.84 Å². The number of aliphatic hydroxyl groups is 1. The Morgan fingerprint density at radius 2 is 2.35 bits per heavy atom. The minimum Gasteiger partial charge on any atom is -0.493 e. The normalized spacial score (nSPS) is 27.0. The molecule has 0 aromatic heterocycles. The summed E-state index contributed by atoms with van der Waals surface area (Å²) >= 11 is 5.51. The Labute approximate surface area is 114 Å². The third-order valence-corrected chi connectivity index (χ3v) is 5.34. The summed E-state index contributed by atoms with van der Waals surface area (Å²) in [6, 6.07) is 2.12. The largest absolute Gasteiger partial charge is 0.493 e. The van der Waals surface area contributed by atoms with Crippen LogP contribution in [0.15, 0.2) is 10.5 Å². The number of hydrogen-bond donors (Lipinski definition) is 1. The zero-order valence-corrected chi connectivity index (χ0v) is 12.1. The maximum atomic E-state index is 10.3. The monoisotopic (exact) mass is 314 g/mol. The number of aliphatic hydroxyl groups excluding tert-OH is 1. The van der Waals surface area contributed by atoms with Crippen molar-refractivity contribution in [3.63, 3.8) is 0 Å². The van der Waals surface area contributed by atoms with Gasteiger partial charge >= 0.3 is 0 Å². The molecule has 2 nitrogen and oxygen atoms in total. The topological polar surface area (TPSA) is 29.5 Å². The molecule has 17 heavy (non-hydrogen) atoms. The highest BCUT2D eigenvalue weighted by atomic mass is 79.9. The van der Waals surface area contributed by atoms with E-state index in [9.17, 15) is 5.11 Å². The molecule has 0 bridgehead atoms. The number of thioether (sulfide) groups is 1. The highest BCUT2D eigenvalue weighted by molar-refractivity contribution is 9.10. The zero-order valence-electron chi connectivity index (χ0n) is 9.70. The van der Waals surface area contributed by atoms with Gasteiger partial charge in [-0.25, -0.2) is 0 Å². The van der Waals surface area contributed by atoms with Crippen LogP contribution in [0, 0.1) is 0 Å². The maximum Gasteiger partial charge on any atom is 0.127 e. The number of halogens is 1. The first kappa shape index (κ1) is 11.9. The number of ether oxygens (including phenoxy) is 1. The van der Waals surface area contributed by atoms with Crippen LogP contribution in [-0.2, 0) is 12.2 Å². The lowest BCUT2D eigenvalue weighted by Gasteiger charge is -2.17. The van der Waals surface area contributed by atoms with Crippen LogP contribution in [0.25, 0.3) is 0 Å². The van der Waals surface area contributed by atoms with Crippen molar-refractivity contribution in [3.05, 3.63) is 27.2 Å². The summed E-state index contributed by atoms with van der Waals surface area (Å²) < 4.78 is 6.79. The molecule has 1 N–H and O–H groups in total. The van der Waals surface area contributed by atoms with E-state index in [1.54, 1.807) is 0 Å². The van der Waals surface area contributed by atoms with E-state index >= 15 is 0 Å². The molecule has 0 amide bonds. The summed E-state index contributed by atoms with van der Waals surface area (Å²) in [6.07, 6.45) is 1.42. The number of benzene rings is 1. The second-order valence-electron chi connectivity index (χ2n) is 4.71. The minimum absolute atomic E-state index is 0.376. The van der Waals surface area contributed by atoms with Crippen LogP contribution < -0.4 is 4.74 Å². The van der Waals surface area contributed by atoms with Crippen molar-refractivity contribution in [1.82, 2.24) is 0 Å². The predicted molar refractivity (Wildman–Crippen MR) is 73.7 cm³/mol. The van der Waals surface area contributed by atoms with Crippen LogP contribution in [0.5, 0.6) is 5.75 Å². The van der Waals surface area contributed by atoms with Gasteiger partial charge in [0, 0.05) is 33.0 Å². The van der Waals surface area contributed by atoms with Gasteiger partial charge in [-0.15, -0.1) is 0 Å². The average molecular weight is 315 g/mol. The summed E-state index contributed by atoms with van der Waals surface area (Å²) in [5, 5.41) is 10.8. The van der Waals surface area contributed by atoms with Crippen molar-refractivity contribution in [2.45, 2.75) is 36.9 Å². The van der Waals surface area contributed by atoms with Gasteiger partial charge in [0.25, 0.3) is 0 Å². The quantitative estimate of drug-likeness (QED) is 0.795. The Hall–Kier alpha value is -0.190. The first-order valence-corrected chi connectivity index (χ1v) is 7.77. The van der Waals surface area contributed by atoms with E-state index in [-0.39, 0.29) is 6.10 Å². The average Bonchev–Trinajstić information content (AvgIpc) is 2.66. The molecule has 0 saturated carbocycles. The first-order valence-electron chi connectivity index (χ1n) is 5.93. The Morgan fingerprint density at radius 1 is 1.53 bits per heavy atom. The third-order valence-electron chi connectivity index (χ3n) is 3.47. The Bertz CT molecular complexity index is 461. The SMILES string of the molecule is CC1C[C@@H](O)c2c(Br)cc3c(c2CS1)OCC3. The van der Waals surface area contributed by atoms with Crippen molar-refractivity contribution in [2.75, 3.05) is 6.61 Å². The van der Waals surface area contributed by atoms with E-state index < -0.39 is 0 Å². The van der Waals surface area contributed by atoms with Crippen molar-refractivity contribution >= 4 is 27.7 Å². The molecular formula is C13H15BrO2S. The van der Waals surface area contributed by atoms with Crippen LogP contribution in [0.2, 0.25) is 0 Å². The van der Waals surface area contributed by atoms with Crippen molar-refractivity contribution in [2.24, 2.45) is 0 Å². The van der Waals surface area contributed by atoms with E-state index in [0.29, 0.717) is 5.25 Å². The molecule has 2 aliphatic heterocycles. The molecule has 0 aliphatic carbocycles. The van der Waals surface area contributed by atoms with E-state index in [4.69, 9.17) is 4.74 Å². The molecule has 2 aliphatic rings. The predicted octanol–water partition coefficient (Wildman–Crippen LogP) is 3.44. The van der Waals surface area contributed by atoms with Gasteiger partial charge in [-0.1, -0.05) is 22.9 Å². The summed E-state index contributed by atoms with van der Waals surface area (Å²) in [4.78, 5) is 0. The summed E-state index contributed by atoms with van der Waals surface area (Å²) in [5.74, 6) is 1.97. The Morgan fingerprint density at radius 3 is 3.18 bits per heavy atom. The van der Waals surface area contributed by atoms with E-state index in [1.807, 2.05) is 11.8 Å². The van der Waals surface area contributed by atoms with Crippen molar-refractivity contribution < 1.29 is 9.84 Å². The van der Waals surface area contributed by atoms with Gasteiger partial charge in [0.1, 0.15) is 5.75 Å². The van der Waals surface area contributed by atoms with Crippen LogP contribution in [0.3, 0.4) is 0 Å². The Balaban J connectivity index is 2.16. The van der Waals surface area contributed by atoms with Gasteiger partial charge in [0.2, 0.25) is 0 Å². The van der Waals surface area contributed by atoms with Gasteiger partial charge in [-0.2, -0.15) is 11.8 Å². The molecule has 3 rings (SSSR count). The van der Waals surface area contributed by atoms with E-state index in [1.165, 1.54) is 11.1 Å². The smallest absolute Gasteiger partial charge is 0.127 e. The van der Waals surface area contributed by atoms with Gasteiger partial charge in [-0.3, -0.25) is 0 Å². The molecule has 0 spiro atoms. The molecule has 92 valence electrons. The van der Waals surface area contributed by atoms with Gasteiger partial charge in [0.05, 0.1) is 12.7 Å². The zero-order chi connectivity index (χ0) is 12.0. The molecule has 2 heterocycles. The molecule has 1 aromatic carbocycles. The second kappa shape index (κ2) is 4.48. The number of fused-ring (bicyclic) bond motifs is 3. The first-order chi connectivity index (χ1) is 8.16. The third kappa shape index (κ3) is 2.00. The van der Waals surface area contributed by atoms with Gasteiger partial charge in [-0.05, 0) is 18.1 Å². The standard InChI is InChI=1S/C13H15BrO2S/c1-7-4-11(15)12-9(6-17-7)13-8(2-3-16-13)5-10(12)14/h5,7,11,15H,2-4,6H2,1H3/t7?,11-/m1/s1. The summed E-state index contributed by atoms with van der Waals surface area (Å²) in [6.45, 7) is 2.95. The molecule has 0 radical (unpaired) electrons. The number of rotatable bonds is 0. The number of hydrogen-bond acceptors (Lipinski definition) is 3. The van der Waals surface area contributed by atoms with Crippen LogP contribution in [0.1, 0.15) is 36.1 Å². The highest BCUT2D eigenvalue weighted by Crippen LogP contribution is 2.45. The molecule has 4 heteroatoms. The van der Waals surface area contributed by atoms with Crippen LogP contribution in [0.4, 0.5) is 0 Å². The lowest BCUT2D eigenvalue weighted by atomic mass is 9.97. The van der Waals surface area contributed by atoms with Gasteiger partial charge in [0.15, 0.2) is 0 Å². The van der Waals surface area contributed by atoms with Crippen molar-refractivity contribution in [3.8, 4) is 5.75 Å². The fourth-order valence-electron chi connectivity index (χ4n) is 2.61. The highest BCUT2D eigenvalue weighted by Gasteiger charge is 2.29. The fraction of sp³-hybridized carbons (Fsp3) is 0.538. The van der Waals surface area contributed by atoms with E-state index in [0.717, 1.165) is 41.0 Å². The molecule has 2 atom stereocenters. The second-order valence-corrected chi connectivity index (χ2v) is 6.99. The maximum absolute atomic E-state index is 10.3. The molecule has 0 saturated heterocycles. The lowest BCUT2D eigenvalue weighted by Crippen LogP contribution is -2.05. The van der Waals surface area contributed by atoms with Crippen LogP contribution in [-0.4, -0.2) is 17.0 Å². The molecular weight excluding hydrogens is 300 g/mol. The lowest BCUT2D eigenvalue weighted by molar-refractivity contribution is 0.167. The minimum atomic E-state index is -0.376. The summed E-state index contributed by atoms with van der Waals surface area (Å²) in [7, 11) is 0. The van der Waals surface area contributed by atoms with Crippen molar-refractivity contribution in [1.29, 1.82) is 0 Å². The molecule has 1 aromatic rings. The van der Waals surface area contributed by atoms with E-state index in [2.05, 4.69) is 28.9 Å². The van der Waals surface area contributed by atoms with Crippen LogP contribution >= 0.6 is 27.7 Å². The molecule has 1 unspecified atom stereocenters. The summed E-state index contributed by atoms with van der Waals surface area (Å²) in [5.41, 5.74) is 3.52. The molecule has 0 fully saturated rings.